The maximum absolute atomic E-state index is 12.5. The van der Waals surface area contributed by atoms with E-state index in [1.54, 1.807) is 0 Å². The highest BCUT2D eigenvalue weighted by molar-refractivity contribution is 7.91. The number of carbonyl (C=O) groups excluding carboxylic acids is 1. The molecule has 1 aromatic carbocycles. The minimum atomic E-state index is -4.56. The molecule has 1 amide bonds. The van der Waals surface area contributed by atoms with Crippen LogP contribution in [-0.2, 0) is 19.4 Å². The number of methoxy groups -OCH3 is 1. The molecule has 1 aliphatic rings. The maximum atomic E-state index is 12.5. The zero-order chi connectivity index (χ0) is 17.7. The lowest BCUT2D eigenvalue weighted by molar-refractivity contribution is -0.125. The number of alkyl halides is 2. The lowest BCUT2D eigenvalue weighted by Gasteiger charge is -2.34. The first kappa shape index (κ1) is 18.6. The Bertz CT molecular complexity index is 657. The number of hydrogen-bond donors (Lipinski definition) is 1. The van der Waals surface area contributed by atoms with Gasteiger partial charge >= 0.3 is 5.76 Å². The fraction of sp³-hybridized carbons (Fsp3) is 0.533. The van der Waals surface area contributed by atoms with Crippen molar-refractivity contribution in [3.05, 3.63) is 24.3 Å². The SMILES string of the molecule is COCC(=O)NC1CCN(c2ccc(S(=O)(=O)C(F)F)cc2)CC1. The molecule has 1 saturated heterocycles. The third kappa shape index (κ3) is 4.41. The quantitative estimate of drug-likeness (QED) is 0.828. The van der Waals surface area contributed by atoms with Gasteiger partial charge in [-0.2, -0.15) is 8.78 Å². The fourth-order valence-electron chi connectivity index (χ4n) is 2.63. The molecule has 0 radical (unpaired) electrons. The van der Waals surface area contributed by atoms with E-state index in [2.05, 4.69) is 5.32 Å². The highest BCUT2D eigenvalue weighted by atomic mass is 32.2. The van der Waals surface area contributed by atoms with E-state index in [1.165, 1.54) is 31.4 Å². The topological polar surface area (TPSA) is 75.7 Å². The van der Waals surface area contributed by atoms with Crippen molar-refractivity contribution in [3.8, 4) is 0 Å². The summed E-state index contributed by atoms with van der Waals surface area (Å²) in [6.45, 7) is 1.39. The summed E-state index contributed by atoms with van der Waals surface area (Å²) in [5, 5.41) is 2.88. The molecule has 0 spiro atoms. The van der Waals surface area contributed by atoms with Gasteiger partial charge in [-0.1, -0.05) is 0 Å². The van der Waals surface area contributed by atoms with Crippen LogP contribution in [0.5, 0.6) is 0 Å². The van der Waals surface area contributed by atoms with Gasteiger partial charge in [0.2, 0.25) is 15.7 Å². The Morgan fingerprint density at radius 2 is 1.88 bits per heavy atom. The predicted octanol–water partition coefficient (Wildman–Crippen LogP) is 1.41. The molecule has 2 rings (SSSR count). The van der Waals surface area contributed by atoms with Crippen LogP contribution in [0.2, 0.25) is 0 Å². The van der Waals surface area contributed by atoms with E-state index in [9.17, 15) is 22.0 Å². The molecular weight excluding hydrogens is 342 g/mol. The summed E-state index contributed by atoms with van der Waals surface area (Å²) in [7, 11) is -3.10. The van der Waals surface area contributed by atoms with E-state index in [-0.39, 0.29) is 23.5 Å². The van der Waals surface area contributed by atoms with Crippen molar-refractivity contribution in [1.82, 2.24) is 5.32 Å². The summed E-state index contributed by atoms with van der Waals surface area (Å²) < 4.78 is 52.6. The van der Waals surface area contributed by atoms with Crippen molar-refractivity contribution in [1.29, 1.82) is 0 Å². The molecule has 1 N–H and O–H groups in total. The van der Waals surface area contributed by atoms with Gasteiger partial charge in [-0.05, 0) is 37.1 Å². The molecule has 134 valence electrons. The van der Waals surface area contributed by atoms with Crippen molar-refractivity contribution in [2.75, 3.05) is 31.7 Å². The summed E-state index contributed by atoms with van der Waals surface area (Å²) in [6.07, 6.45) is 1.49. The van der Waals surface area contributed by atoms with Gasteiger partial charge in [0.25, 0.3) is 0 Å². The molecule has 0 saturated carbocycles. The van der Waals surface area contributed by atoms with Crippen molar-refractivity contribution in [3.63, 3.8) is 0 Å². The molecule has 1 aromatic rings. The number of ether oxygens (including phenoxy) is 1. The molecule has 1 fully saturated rings. The Morgan fingerprint density at radius 1 is 1.29 bits per heavy atom. The Balaban J connectivity index is 1.94. The second-order valence-corrected chi connectivity index (χ2v) is 7.48. The molecule has 6 nitrogen and oxygen atoms in total. The number of nitrogens with zero attached hydrogens (tertiary/aromatic N) is 1. The minimum absolute atomic E-state index is 0.0281. The summed E-state index contributed by atoms with van der Waals surface area (Å²) in [4.78, 5) is 13.1. The number of rotatable bonds is 6. The van der Waals surface area contributed by atoms with Crippen LogP contribution in [0.25, 0.3) is 0 Å². The molecule has 24 heavy (non-hydrogen) atoms. The molecule has 0 atom stereocenters. The maximum Gasteiger partial charge on any atom is 0.341 e. The summed E-state index contributed by atoms with van der Waals surface area (Å²) in [5.74, 6) is -3.58. The predicted molar refractivity (Wildman–Crippen MR) is 84.9 cm³/mol. The number of sulfone groups is 1. The second-order valence-electron chi connectivity index (χ2n) is 5.56. The summed E-state index contributed by atoms with van der Waals surface area (Å²) in [6, 6.07) is 5.52. The van der Waals surface area contributed by atoms with E-state index in [0.29, 0.717) is 13.1 Å². The van der Waals surface area contributed by atoms with Crippen molar-refractivity contribution in [2.45, 2.75) is 29.5 Å². The van der Waals surface area contributed by atoms with Crippen LogP contribution in [0.3, 0.4) is 0 Å². The van der Waals surface area contributed by atoms with Gasteiger partial charge in [-0.15, -0.1) is 0 Å². The third-order valence-corrected chi connectivity index (χ3v) is 5.30. The number of nitrogens with one attached hydrogen (secondary N) is 1. The standard InChI is InChI=1S/C15H20F2N2O4S/c1-23-10-14(20)18-11-6-8-19(9-7-11)12-2-4-13(5-3-12)24(21,22)15(16)17/h2-5,11,15H,6-10H2,1H3,(H,18,20). The van der Waals surface area contributed by atoms with Crippen LogP contribution in [-0.4, -0.2) is 52.9 Å². The number of amides is 1. The van der Waals surface area contributed by atoms with Gasteiger partial charge in [0.15, 0.2) is 0 Å². The second kappa shape index (κ2) is 7.89. The van der Waals surface area contributed by atoms with E-state index < -0.39 is 15.6 Å². The van der Waals surface area contributed by atoms with Gasteiger partial charge in [0.1, 0.15) is 6.61 Å². The first-order valence-electron chi connectivity index (χ1n) is 7.50. The van der Waals surface area contributed by atoms with E-state index in [1.807, 2.05) is 4.90 Å². The highest BCUT2D eigenvalue weighted by Crippen LogP contribution is 2.24. The molecule has 0 aromatic heterocycles. The van der Waals surface area contributed by atoms with Crippen LogP contribution >= 0.6 is 0 Å². The van der Waals surface area contributed by atoms with Crippen LogP contribution in [0.4, 0.5) is 14.5 Å². The van der Waals surface area contributed by atoms with Crippen LogP contribution in [0.15, 0.2) is 29.2 Å². The fourth-order valence-corrected chi connectivity index (χ4v) is 3.35. The Kier molecular flexibility index (Phi) is 6.11. The molecule has 1 aliphatic heterocycles. The monoisotopic (exact) mass is 362 g/mol. The first-order valence-corrected chi connectivity index (χ1v) is 9.04. The molecule has 9 heteroatoms. The average Bonchev–Trinajstić information content (AvgIpc) is 2.56. The van der Waals surface area contributed by atoms with Crippen LogP contribution in [0, 0.1) is 0 Å². The van der Waals surface area contributed by atoms with Crippen molar-refractivity contribution in [2.24, 2.45) is 0 Å². The molecule has 0 bridgehead atoms. The largest absolute Gasteiger partial charge is 0.375 e. The number of piperidine rings is 1. The van der Waals surface area contributed by atoms with Gasteiger partial charge in [0, 0.05) is 31.9 Å². The van der Waals surface area contributed by atoms with Gasteiger partial charge in [-0.25, -0.2) is 8.42 Å². The Labute approximate surface area is 139 Å². The zero-order valence-corrected chi connectivity index (χ0v) is 14.1. The number of benzene rings is 1. The number of anilines is 1. The first-order chi connectivity index (χ1) is 11.3. The van der Waals surface area contributed by atoms with Crippen molar-refractivity contribution < 1.29 is 26.7 Å². The molecule has 0 aliphatic carbocycles. The zero-order valence-electron chi connectivity index (χ0n) is 13.2. The van der Waals surface area contributed by atoms with E-state index >= 15 is 0 Å². The lowest BCUT2D eigenvalue weighted by Crippen LogP contribution is -2.45. The average molecular weight is 362 g/mol. The minimum Gasteiger partial charge on any atom is -0.375 e. The summed E-state index contributed by atoms with van der Waals surface area (Å²) >= 11 is 0. The van der Waals surface area contributed by atoms with E-state index in [4.69, 9.17) is 4.74 Å². The van der Waals surface area contributed by atoms with Gasteiger partial charge < -0.3 is 15.0 Å². The molecule has 1 heterocycles. The van der Waals surface area contributed by atoms with E-state index in [0.717, 1.165) is 18.5 Å². The normalized spacial score (nSPS) is 16.4. The molecule has 0 unspecified atom stereocenters. The van der Waals surface area contributed by atoms with Crippen molar-refractivity contribution >= 4 is 21.4 Å². The van der Waals surface area contributed by atoms with Gasteiger partial charge in [-0.3, -0.25) is 4.79 Å². The number of halogens is 2. The Hall–Kier alpha value is -1.74. The number of carbonyl (C=O) groups is 1. The third-order valence-electron chi connectivity index (χ3n) is 3.90. The number of hydrogen-bond acceptors (Lipinski definition) is 5. The highest BCUT2D eigenvalue weighted by Gasteiger charge is 2.27. The van der Waals surface area contributed by atoms with Crippen LogP contribution in [0.1, 0.15) is 12.8 Å². The smallest absolute Gasteiger partial charge is 0.341 e. The van der Waals surface area contributed by atoms with Crippen LogP contribution < -0.4 is 10.2 Å². The Morgan fingerprint density at radius 3 is 2.38 bits per heavy atom. The van der Waals surface area contributed by atoms with Gasteiger partial charge in [0.05, 0.1) is 4.90 Å². The summed E-state index contributed by atoms with van der Waals surface area (Å²) in [5.41, 5.74) is 0.768. The molecular formula is C15H20F2N2O4S. The lowest BCUT2D eigenvalue weighted by atomic mass is 10.0.